The van der Waals surface area contributed by atoms with E-state index >= 15 is 0 Å². The van der Waals surface area contributed by atoms with E-state index in [2.05, 4.69) is 63.3 Å². The van der Waals surface area contributed by atoms with Gasteiger partial charge in [0.25, 0.3) is 0 Å². The number of thiazole rings is 1. The second-order valence-electron chi connectivity index (χ2n) is 5.95. The molecular formula is C18H20N4S. The summed E-state index contributed by atoms with van der Waals surface area (Å²) < 4.78 is 1.18. The Hall–Kier alpha value is -2.11. The molecule has 4 nitrogen and oxygen atoms in total. The van der Waals surface area contributed by atoms with Crippen LogP contribution in [0, 0.1) is 0 Å². The normalized spacial score (nSPS) is 16.1. The zero-order chi connectivity index (χ0) is 15.6. The van der Waals surface area contributed by atoms with Crippen LogP contribution in [0.1, 0.15) is 5.56 Å². The average Bonchev–Trinajstić information content (AvgIpc) is 2.96. The number of anilines is 2. The first kappa shape index (κ1) is 14.5. The van der Waals surface area contributed by atoms with Crippen LogP contribution < -0.4 is 10.6 Å². The number of hydrogen-bond donors (Lipinski definition) is 1. The number of para-hydroxylation sites is 1. The highest BCUT2D eigenvalue weighted by Gasteiger charge is 2.17. The van der Waals surface area contributed by atoms with Gasteiger partial charge in [-0.05, 0) is 29.8 Å². The smallest absolute Gasteiger partial charge is 0.181 e. The highest BCUT2D eigenvalue weighted by atomic mass is 32.1. The molecule has 0 unspecified atom stereocenters. The molecule has 3 aromatic rings. The number of piperazine rings is 1. The third kappa shape index (κ3) is 3.16. The van der Waals surface area contributed by atoms with Crippen molar-refractivity contribution in [1.29, 1.82) is 0 Å². The van der Waals surface area contributed by atoms with Crippen LogP contribution in [-0.4, -0.2) is 36.1 Å². The van der Waals surface area contributed by atoms with Gasteiger partial charge in [0.1, 0.15) is 0 Å². The van der Waals surface area contributed by atoms with E-state index in [1.807, 2.05) is 0 Å². The molecule has 0 aliphatic carbocycles. The lowest BCUT2D eigenvalue weighted by Gasteiger charge is -2.36. The van der Waals surface area contributed by atoms with Crippen LogP contribution in [0.3, 0.4) is 0 Å². The highest BCUT2D eigenvalue weighted by molar-refractivity contribution is 7.22. The van der Waals surface area contributed by atoms with Crippen molar-refractivity contribution in [2.24, 2.45) is 0 Å². The zero-order valence-electron chi connectivity index (χ0n) is 13.0. The minimum Gasteiger partial charge on any atom is -0.375 e. The molecule has 1 aliphatic heterocycles. The summed E-state index contributed by atoms with van der Waals surface area (Å²) in [6.45, 7) is 5.35. The first-order valence-electron chi connectivity index (χ1n) is 7.95. The maximum atomic E-state index is 5.79. The fourth-order valence-electron chi connectivity index (χ4n) is 3.15. The first-order valence-corrected chi connectivity index (χ1v) is 8.77. The van der Waals surface area contributed by atoms with Crippen LogP contribution in [0.2, 0.25) is 0 Å². The number of nitrogens with zero attached hydrogens (tertiary/aromatic N) is 3. The van der Waals surface area contributed by atoms with Crippen molar-refractivity contribution in [3.63, 3.8) is 0 Å². The van der Waals surface area contributed by atoms with E-state index in [1.54, 1.807) is 11.3 Å². The summed E-state index contributed by atoms with van der Waals surface area (Å²) in [5.41, 5.74) is 9.46. The summed E-state index contributed by atoms with van der Waals surface area (Å²) in [6, 6.07) is 17.2. The van der Waals surface area contributed by atoms with E-state index in [0.717, 1.165) is 38.2 Å². The maximum absolute atomic E-state index is 5.79. The molecule has 1 saturated heterocycles. The zero-order valence-corrected chi connectivity index (χ0v) is 13.8. The van der Waals surface area contributed by atoms with Crippen molar-refractivity contribution in [2.75, 3.05) is 36.8 Å². The molecule has 2 aromatic carbocycles. The van der Waals surface area contributed by atoms with E-state index in [0.29, 0.717) is 5.13 Å². The van der Waals surface area contributed by atoms with E-state index < -0.39 is 0 Å². The monoisotopic (exact) mass is 324 g/mol. The van der Waals surface area contributed by atoms with Crippen LogP contribution in [0.4, 0.5) is 10.8 Å². The lowest BCUT2D eigenvalue weighted by Crippen LogP contribution is -2.45. The minimum absolute atomic E-state index is 0.647. The molecule has 1 aromatic heterocycles. The fraction of sp³-hybridized carbons (Fsp3) is 0.278. The predicted molar refractivity (Wildman–Crippen MR) is 98.0 cm³/mol. The quantitative estimate of drug-likeness (QED) is 0.803. The molecule has 0 atom stereocenters. The average molecular weight is 324 g/mol. The Morgan fingerprint density at radius 2 is 1.78 bits per heavy atom. The fourth-order valence-corrected chi connectivity index (χ4v) is 3.94. The molecule has 5 heteroatoms. The standard InChI is InChI=1S/C18H20N4S/c19-18-20-16-7-6-14(12-17(16)23-18)13-21-8-10-22(11-9-21)15-4-2-1-3-5-15/h1-7,12H,8-11,13H2,(H2,19,20). The Morgan fingerprint density at radius 1 is 1.00 bits per heavy atom. The second-order valence-corrected chi connectivity index (χ2v) is 7.02. The summed E-state index contributed by atoms with van der Waals surface area (Å²) >= 11 is 1.57. The molecule has 2 heterocycles. The van der Waals surface area contributed by atoms with Gasteiger partial charge in [-0.1, -0.05) is 35.6 Å². The van der Waals surface area contributed by atoms with Crippen LogP contribution in [0.15, 0.2) is 48.5 Å². The van der Waals surface area contributed by atoms with Crippen molar-refractivity contribution in [3.05, 3.63) is 54.1 Å². The molecule has 1 aliphatic rings. The second kappa shape index (κ2) is 6.18. The van der Waals surface area contributed by atoms with Crippen LogP contribution in [-0.2, 0) is 6.54 Å². The van der Waals surface area contributed by atoms with Crippen molar-refractivity contribution >= 4 is 32.4 Å². The predicted octanol–water partition coefficient (Wildman–Crippen LogP) is 3.20. The van der Waals surface area contributed by atoms with E-state index in [9.17, 15) is 0 Å². The summed E-state index contributed by atoms with van der Waals surface area (Å²) in [6.07, 6.45) is 0. The van der Waals surface area contributed by atoms with Gasteiger partial charge in [0, 0.05) is 38.4 Å². The van der Waals surface area contributed by atoms with Crippen LogP contribution in [0.25, 0.3) is 10.2 Å². The van der Waals surface area contributed by atoms with Crippen LogP contribution in [0.5, 0.6) is 0 Å². The molecule has 2 N–H and O–H groups in total. The Labute approximate surface area is 140 Å². The summed E-state index contributed by atoms with van der Waals surface area (Å²) in [5, 5.41) is 0.647. The largest absolute Gasteiger partial charge is 0.375 e. The third-order valence-electron chi connectivity index (χ3n) is 4.37. The molecule has 0 radical (unpaired) electrons. The van der Waals surface area contributed by atoms with Gasteiger partial charge < -0.3 is 10.6 Å². The van der Waals surface area contributed by atoms with Gasteiger partial charge in [0.2, 0.25) is 0 Å². The molecule has 0 saturated carbocycles. The number of fused-ring (bicyclic) bond motifs is 1. The molecule has 0 amide bonds. The Morgan fingerprint density at radius 3 is 2.57 bits per heavy atom. The number of nitrogen functional groups attached to an aromatic ring is 1. The molecule has 4 rings (SSSR count). The highest BCUT2D eigenvalue weighted by Crippen LogP contribution is 2.25. The lowest BCUT2D eigenvalue weighted by atomic mass is 10.2. The van der Waals surface area contributed by atoms with Gasteiger partial charge in [0.15, 0.2) is 5.13 Å². The van der Waals surface area contributed by atoms with Gasteiger partial charge >= 0.3 is 0 Å². The molecule has 1 fully saturated rings. The maximum Gasteiger partial charge on any atom is 0.181 e. The molecule has 118 valence electrons. The van der Waals surface area contributed by atoms with E-state index in [4.69, 9.17) is 5.73 Å². The minimum atomic E-state index is 0.647. The Kier molecular flexibility index (Phi) is 3.89. The van der Waals surface area contributed by atoms with Crippen LogP contribution >= 0.6 is 11.3 Å². The van der Waals surface area contributed by atoms with E-state index in [-0.39, 0.29) is 0 Å². The van der Waals surface area contributed by atoms with Gasteiger partial charge in [-0.3, -0.25) is 4.90 Å². The number of benzene rings is 2. The Bertz CT molecular complexity index is 791. The third-order valence-corrected chi connectivity index (χ3v) is 5.22. The van der Waals surface area contributed by atoms with Crippen molar-refractivity contribution < 1.29 is 0 Å². The number of aromatic nitrogens is 1. The van der Waals surface area contributed by atoms with Gasteiger partial charge in [-0.15, -0.1) is 0 Å². The molecule has 23 heavy (non-hydrogen) atoms. The van der Waals surface area contributed by atoms with Gasteiger partial charge in [0.05, 0.1) is 10.2 Å². The SMILES string of the molecule is Nc1nc2ccc(CN3CCN(c4ccccc4)CC3)cc2s1. The Balaban J connectivity index is 1.40. The summed E-state index contributed by atoms with van der Waals surface area (Å²) in [4.78, 5) is 9.30. The topological polar surface area (TPSA) is 45.4 Å². The van der Waals surface area contributed by atoms with Crippen molar-refractivity contribution in [3.8, 4) is 0 Å². The number of rotatable bonds is 3. The number of nitrogens with two attached hydrogens (primary N) is 1. The summed E-state index contributed by atoms with van der Waals surface area (Å²) in [7, 11) is 0. The first-order chi connectivity index (χ1) is 11.3. The molecule has 0 bridgehead atoms. The van der Waals surface area contributed by atoms with Gasteiger partial charge in [-0.25, -0.2) is 4.98 Å². The van der Waals surface area contributed by atoms with Crippen molar-refractivity contribution in [1.82, 2.24) is 9.88 Å². The number of hydrogen-bond acceptors (Lipinski definition) is 5. The van der Waals surface area contributed by atoms with Gasteiger partial charge in [-0.2, -0.15) is 0 Å². The summed E-state index contributed by atoms with van der Waals surface area (Å²) in [5.74, 6) is 0. The molecular weight excluding hydrogens is 304 g/mol. The lowest BCUT2D eigenvalue weighted by molar-refractivity contribution is 0.250. The molecule has 0 spiro atoms. The van der Waals surface area contributed by atoms with E-state index in [1.165, 1.54) is 16.0 Å². The van der Waals surface area contributed by atoms with Crippen molar-refractivity contribution in [2.45, 2.75) is 6.54 Å².